The predicted molar refractivity (Wildman–Crippen MR) is 139 cm³/mol. The second kappa shape index (κ2) is 8.98. The Kier molecular flexibility index (Phi) is 5.90. The van der Waals surface area contributed by atoms with E-state index in [0.717, 1.165) is 31.4 Å². The van der Waals surface area contributed by atoms with Crippen LogP contribution in [0.4, 0.5) is 0 Å². The van der Waals surface area contributed by atoms with Crippen molar-refractivity contribution < 1.29 is 9.53 Å². The SMILES string of the molecule is C[C@]12CC[C@H](OC(=O)[C@@H](N)Cc3cnc[nH]3)CC1=CC[C@@H]1[C@@H]2CC[C@]2(C)C(c3cccnc3)=CC[C@@H]12. The summed E-state index contributed by atoms with van der Waals surface area (Å²) < 4.78 is 5.93. The Morgan fingerprint density at radius 3 is 2.78 bits per heavy atom. The normalized spacial score (nSPS) is 36.1. The molecule has 0 aromatic carbocycles. The number of allylic oxidation sites excluding steroid dienone is 3. The molecule has 0 amide bonds. The van der Waals surface area contributed by atoms with Crippen molar-refractivity contribution in [1.29, 1.82) is 0 Å². The molecule has 36 heavy (non-hydrogen) atoms. The summed E-state index contributed by atoms with van der Waals surface area (Å²) in [5.74, 6) is 1.80. The molecule has 3 N–H and O–H groups in total. The van der Waals surface area contributed by atoms with Gasteiger partial charge in [-0.15, -0.1) is 0 Å². The quantitative estimate of drug-likeness (QED) is 0.445. The number of pyridine rings is 1. The number of hydrogen-bond acceptors (Lipinski definition) is 5. The zero-order chi connectivity index (χ0) is 24.9. The average molecular weight is 487 g/mol. The molecule has 0 aliphatic heterocycles. The lowest BCUT2D eigenvalue weighted by molar-refractivity contribution is -0.153. The molecule has 6 heteroatoms. The predicted octanol–water partition coefficient (Wildman–Crippen LogP) is 5.24. The third kappa shape index (κ3) is 3.85. The first-order valence-corrected chi connectivity index (χ1v) is 13.6. The van der Waals surface area contributed by atoms with Gasteiger partial charge in [-0.2, -0.15) is 0 Å². The summed E-state index contributed by atoms with van der Waals surface area (Å²) >= 11 is 0. The number of esters is 1. The van der Waals surface area contributed by atoms with Gasteiger partial charge < -0.3 is 15.5 Å². The maximum Gasteiger partial charge on any atom is 0.323 e. The number of nitrogens with one attached hydrogen (secondary N) is 1. The van der Waals surface area contributed by atoms with Gasteiger partial charge in [-0.05, 0) is 84.3 Å². The number of rotatable bonds is 5. The maximum atomic E-state index is 12.7. The Bertz CT molecular complexity index is 1170. The van der Waals surface area contributed by atoms with Gasteiger partial charge in [0, 0.05) is 37.1 Å². The average Bonchev–Trinajstić information content (AvgIpc) is 3.52. The minimum atomic E-state index is -0.664. The van der Waals surface area contributed by atoms with E-state index in [4.69, 9.17) is 10.5 Å². The van der Waals surface area contributed by atoms with Crippen LogP contribution in [0.2, 0.25) is 0 Å². The van der Waals surface area contributed by atoms with Crippen molar-refractivity contribution in [3.05, 3.63) is 66.0 Å². The summed E-state index contributed by atoms with van der Waals surface area (Å²) in [7, 11) is 0. The molecule has 0 bridgehead atoms. The third-order valence-corrected chi connectivity index (χ3v) is 10.2. The number of nitrogens with two attached hydrogens (primary N) is 1. The standard InChI is InChI=1S/C30H38N4O2/c1-29-11-9-22(36-28(35)27(31)15-21-17-33-18-34-21)14-20(29)5-6-23-25-8-7-24(19-4-3-13-32-16-19)30(25,2)12-10-26(23)29/h3-5,7,13,16-18,22-23,25-27H,6,8-12,14-15,31H2,1-2H3,(H,33,34)/t22-,23-,25-,26-,27-,29-,30+/m0/s1. The smallest absolute Gasteiger partial charge is 0.323 e. The van der Waals surface area contributed by atoms with Crippen LogP contribution in [0, 0.1) is 28.6 Å². The lowest BCUT2D eigenvalue weighted by Gasteiger charge is -2.57. The van der Waals surface area contributed by atoms with Gasteiger partial charge in [0.25, 0.3) is 0 Å². The summed E-state index contributed by atoms with van der Waals surface area (Å²) in [6.07, 6.45) is 20.3. The Labute approximate surface area is 213 Å². The van der Waals surface area contributed by atoms with E-state index in [2.05, 4.69) is 53.1 Å². The molecule has 2 saturated carbocycles. The van der Waals surface area contributed by atoms with Gasteiger partial charge in [0.15, 0.2) is 0 Å². The largest absolute Gasteiger partial charge is 0.461 e. The molecule has 0 spiro atoms. The lowest BCUT2D eigenvalue weighted by atomic mass is 9.47. The van der Waals surface area contributed by atoms with Crippen LogP contribution in [-0.4, -0.2) is 33.1 Å². The molecule has 2 aromatic rings. The molecule has 4 aliphatic rings. The monoisotopic (exact) mass is 486 g/mol. The van der Waals surface area contributed by atoms with Crippen molar-refractivity contribution in [2.45, 2.75) is 77.4 Å². The summed E-state index contributed by atoms with van der Waals surface area (Å²) in [5, 5.41) is 0. The fourth-order valence-corrected chi connectivity index (χ4v) is 8.23. The van der Waals surface area contributed by atoms with Crippen molar-refractivity contribution in [1.82, 2.24) is 15.0 Å². The molecule has 7 atom stereocenters. The number of imidazole rings is 1. The van der Waals surface area contributed by atoms with Crippen LogP contribution in [-0.2, 0) is 16.0 Å². The summed E-state index contributed by atoms with van der Waals surface area (Å²) in [6.45, 7) is 4.99. The van der Waals surface area contributed by atoms with Gasteiger partial charge in [-0.3, -0.25) is 9.78 Å². The van der Waals surface area contributed by atoms with Crippen LogP contribution in [0.25, 0.3) is 5.57 Å². The molecule has 4 aliphatic carbocycles. The number of ether oxygens (including phenoxy) is 1. The van der Waals surface area contributed by atoms with Gasteiger partial charge in [0.2, 0.25) is 0 Å². The highest BCUT2D eigenvalue weighted by Crippen LogP contribution is 2.66. The van der Waals surface area contributed by atoms with Gasteiger partial charge in [0.05, 0.1) is 6.33 Å². The summed E-state index contributed by atoms with van der Waals surface area (Å²) in [6, 6.07) is 3.62. The molecule has 0 unspecified atom stereocenters. The van der Waals surface area contributed by atoms with Gasteiger partial charge >= 0.3 is 5.97 Å². The highest BCUT2D eigenvalue weighted by Gasteiger charge is 2.57. The number of aromatic nitrogens is 3. The van der Waals surface area contributed by atoms with Crippen molar-refractivity contribution in [2.24, 2.45) is 34.3 Å². The summed E-state index contributed by atoms with van der Waals surface area (Å²) in [5.41, 5.74) is 11.8. The molecule has 0 saturated heterocycles. The first-order chi connectivity index (χ1) is 17.4. The van der Waals surface area contributed by atoms with Crippen LogP contribution in [0.3, 0.4) is 0 Å². The number of H-pyrrole nitrogens is 1. The van der Waals surface area contributed by atoms with Crippen LogP contribution in [0.1, 0.15) is 70.1 Å². The van der Waals surface area contributed by atoms with Crippen LogP contribution in [0.15, 0.2) is 54.8 Å². The number of hydrogen-bond donors (Lipinski definition) is 2. The van der Waals surface area contributed by atoms with Crippen LogP contribution in [0.5, 0.6) is 0 Å². The number of fused-ring (bicyclic) bond motifs is 5. The summed E-state index contributed by atoms with van der Waals surface area (Å²) in [4.78, 5) is 24.1. The fourth-order valence-electron chi connectivity index (χ4n) is 8.23. The van der Waals surface area contributed by atoms with Crippen molar-refractivity contribution in [2.75, 3.05) is 0 Å². The van der Waals surface area contributed by atoms with E-state index < -0.39 is 6.04 Å². The highest BCUT2D eigenvalue weighted by atomic mass is 16.5. The molecule has 190 valence electrons. The maximum absolute atomic E-state index is 12.7. The third-order valence-electron chi connectivity index (χ3n) is 10.2. The van der Waals surface area contributed by atoms with Crippen molar-refractivity contribution >= 4 is 11.5 Å². The Balaban J connectivity index is 1.14. The van der Waals surface area contributed by atoms with Crippen molar-refractivity contribution in [3.8, 4) is 0 Å². The van der Waals surface area contributed by atoms with Crippen LogP contribution < -0.4 is 5.73 Å². The number of aromatic amines is 1. The van der Waals surface area contributed by atoms with Crippen LogP contribution >= 0.6 is 0 Å². The Morgan fingerprint density at radius 1 is 1.14 bits per heavy atom. The Morgan fingerprint density at radius 2 is 2.00 bits per heavy atom. The van der Waals surface area contributed by atoms with E-state index in [0.29, 0.717) is 24.2 Å². The minimum absolute atomic E-state index is 0.0691. The number of carbonyl (C=O) groups excluding carboxylic acids is 1. The van der Waals surface area contributed by atoms with Gasteiger partial charge in [-0.1, -0.05) is 37.6 Å². The second-order valence-electron chi connectivity index (χ2n) is 12.0. The molecule has 6 rings (SSSR count). The molecule has 0 radical (unpaired) electrons. The molecule has 2 fully saturated rings. The molecule has 6 nitrogen and oxygen atoms in total. The van der Waals surface area contributed by atoms with E-state index in [1.165, 1.54) is 36.0 Å². The van der Waals surface area contributed by atoms with Gasteiger partial charge in [0.1, 0.15) is 12.1 Å². The minimum Gasteiger partial charge on any atom is -0.461 e. The first kappa shape index (κ1) is 23.7. The zero-order valence-electron chi connectivity index (χ0n) is 21.5. The Hall–Kier alpha value is -2.73. The first-order valence-electron chi connectivity index (χ1n) is 13.6. The molecule has 2 aromatic heterocycles. The number of nitrogens with zero attached hydrogens (tertiary/aromatic N) is 2. The van der Waals surface area contributed by atoms with E-state index in [-0.39, 0.29) is 22.9 Å². The van der Waals surface area contributed by atoms with E-state index in [9.17, 15) is 4.79 Å². The second-order valence-corrected chi connectivity index (χ2v) is 12.0. The fraction of sp³-hybridized carbons (Fsp3) is 0.567. The van der Waals surface area contributed by atoms with Gasteiger partial charge in [-0.25, -0.2) is 4.98 Å². The lowest BCUT2D eigenvalue weighted by Crippen LogP contribution is -2.50. The molecule has 2 heterocycles. The number of carbonyl (C=O) groups is 1. The molecular formula is C30H38N4O2. The highest BCUT2D eigenvalue weighted by molar-refractivity contribution is 5.76. The van der Waals surface area contributed by atoms with Crippen molar-refractivity contribution in [3.63, 3.8) is 0 Å². The van der Waals surface area contributed by atoms with E-state index in [1.54, 1.807) is 12.5 Å². The zero-order valence-corrected chi connectivity index (χ0v) is 21.5. The van der Waals surface area contributed by atoms with E-state index >= 15 is 0 Å². The van der Waals surface area contributed by atoms with E-state index in [1.807, 2.05) is 12.4 Å². The molecular weight excluding hydrogens is 448 g/mol. The topological polar surface area (TPSA) is 93.9 Å².